The van der Waals surface area contributed by atoms with E-state index in [1.165, 1.54) is 0 Å². The molecule has 0 aromatic carbocycles. The van der Waals surface area contributed by atoms with Gasteiger partial charge >= 0.3 is 0 Å². The fourth-order valence-corrected chi connectivity index (χ4v) is 1.89. The van der Waals surface area contributed by atoms with Gasteiger partial charge in [-0.15, -0.1) is 0 Å². The molecule has 0 aromatic rings. The Bertz CT molecular complexity index is 176. The number of ketones is 1. The molecule has 14 heavy (non-hydrogen) atoms. The highest BCUT2D eigenvalue weighted by molar-refractivity contribution is 5.81. The lowest BCUT2D eigenvalue weighted by Gasteiger charge is -2.22. The Balaban J connectivity index is 2.25. The molecule has 1 aliphatic heterocycles. The van der Waals surface area contributed by atoms with E-state index in [0.29, 0.717) is 18.8 Å². The summed E-state index contributed by atoms with van der Waals surface area (Å²) in [5, 5.41) is 0. The first-order valence-corrected chi connectivity index (χ1v) is 5.60. The van der Waals surface area contributed by atoms with Crippen molar-refractivity contribution in [3.63, 3.8) is 0 Å². The lowest BCUT2D eigenvalue weighted by atomic mass is 9.92. The van der Waals surface area contributed by atoms with Crippen LogP contribution in [-0.4, -0.2) is 25.0 Å². The lowest BCUT2D eigenvalue weighted by Crippen LogP contribution is -2.31. The van der Waals surface area contributed by atoms with Crippen LogP contribution in [0.2, 0.25) is 0 Å². The summed E-state index contributed by atoms with van der Waals surface area (Å²) in [6, 6.07) is 0.0504. The Labute approximate surface area is 86.0 Å². The van der Waals surface area contributed by atoms with Crippen LogP contribution >= 0.6 is 0 Å². The summed E-state index contributed by atoms with van der Waals surface area (Å²) in [5.74, 6) is 0.414. The van der Waals surface area contributed by atoms with Crippen molar-refractivity contribution in [1.82, 2.24) is 0 Å². The second-order valence-corrected chi connectivity index (χ2v) is 4.13. The summed E-state index contributed by atoms with van der Waals surface area (Å²) in [7, 11) is 0. The van der Waals surface area contributed by atoms with Crippen LogP contribution in [0, 0.1) is 5.92 Å². The fraction of sp³-hybridized carbons (Fsp3) is 0.909. The van der Waals surface area contributed by atoms with Gasteiger partial charge in [-0.3, -0.25) is 4.79 Å². The zero-order chi connectivity index (χ0) is 10.4. The zero-order valence-corrected chi connectivity index (χ0v) is 9.00. The molecular weight excluding hydrogens is 178 g/mol. The summed E-state index contributed by atoms with van der Waals surface area (Å²) in [6.07, 6.45) is 4.52. The maximum absolute atomic E-state index is 11.7. The zero-order valence-electron chi connectivity index (χ0n) is 9.00. The number of rotatable bonds is 5. The van der Waals surface area contributed by atoms with Gasteiger partial charge in [0, 0.05) is 25.0 Å². The summed E-state index contributed by atoms with van der Waals surface area (Å²) in [5.41, 5.74) is 5.83. The number of carbonyl (C=O) groups is 1. The summed E-state index contributed by atoms with van der Waals surface area (Å²) < 4.78 is 5.28. The van der Waals surface area contributed by atoms with Gasteiger partial charge in [0.2, 0.25) is 0 Å². The Kier molecular flexibility index (Phi) is 5.12. The van der Waals surface area contributed by atoms with Crippen molar-refractivity contribution in [3.8, 4) is 0 Å². The third-order valence-electron chi connectivity index (χ3n) is 2.74. The molecule has 0 aliphatic carbocycles. The molecule has 1 rings (SSSR count). The van der Waals surface area contributed by atoms with Gasteiger partial charge < -0.3 is 10.5 Å². The first kappa shape index (κ1) is 11.7. The van der Waals surface area contributed by atoms with Gasteiger partial charge in [0.25, 0.3) is 0 Å². The number of hydrogen-bond donors (Lipinski definition) is 1. The van der Waals surface area contributed by atoms with E-state index in [-0.39, 0.29) is 12.0 Å². The number of carbonyl (C=O) groups excluding carboxylic acids is 1. The third kappa shape index (κ3) is 3.76. The Hall–Kier alpha value is -0.410. The van der Waals surface area contributed by atoms with E-state index in [4.69, 9.17) is 10.5 Å². The predicted molar refractivity (Wildman–Crippen MR) is 56.1 cm³/mol. The SMILES string of the molecule is CCCC(N)CC(=O)C1CCCOC1. The average molecular weight is 199 g/mol. The quantitative estimate of drug-likeness (QED) is 0.730. The molecule has 3 nitrogen and oxygen atoms in total. The maximum Gasteiger partial charge on any atom is 0.139 e. The van der Waals surface area contributed by atoms with Crippen molar-refractivity contribution < 1.29 is 9.53 Å². The van der Waals surface area contributed by atoms with E-state index in [2.05, 4.69) is 6.92 Å². The first-order valence-electron chi connectivity index (χ1n) is 5.60. The maximum atomic E-state index is 11.7. The van der Waals surface area contributed by atoms with Crippen molar-refractivity contribution >= 4 is 5.78 Å². The number of nitrogens with two attached hydrogens (primary N) is 1. The van der Waals surface area contributed by atoms with Crippen molar-refractivity contribution in [1.29, 1.82) is 0 Å². The second kappa shape index (κ2) is 6.14. The van der Waals surface area contributed by atoms with Crippen LogP contribution < -0.4 is 5.73 Å². The molecule has 0 amide bonds. The Morgan fingerprint density at radius 3 is 3.00 bits per heavy atom. The van der Waals surface area contributed by atoms with Crippen LogP contribution in [0.5, 0.6) is 0 Å². The monoisotopic (exact) mass is 199 g/mol. The van der Waals surface area contributed by atoms with Crippen molar-refractivity contribution in [2.75, 3.05) is 13.2 Å². The van der Waals surface area contributed by atoms with E-state index in [0.717, 1.165) is 32.3 Å². The lowest BCUT2D eigenvalue weighted by molar-refractivity contribution is -0.127. The summed E-state index contributed by atoms with van der Waals surface area (Å²) in [4.78, 5) is 11.7. The van der Waals surface area contributed by atoms with Gasteiger partial charge in [-0.2, -0.15) is 0 Å². The summed E-state index contributed by atoms with van der Waals surface area (Å²) >= 11 is 0. The van der Waals surface area contributed by atoms with Gasteiger partial charge in [-0.25, -0.2) is 0 Å². The van der Waals surface area contributed by atoms with Gasteiger partial charge in [-0.1, -0.05) is 13.3 Å². The Morgan fingerprint density at radius 1 is 1.64 bits per heavy atom. The van der Waals surface area contributed by atoms with Gasteiger partial charge in [-0.05, 0) is 19.3 Å². The standard InChI is InChI=1S/C11H21NO2/c1-2-4-10(12)7-11(13)9-5-3-6-14-8-9/h9-10H,2-8,12H2,1H3. The molecule has 1 fully saturated rings. The molecule has 1 heterocycles. The van der Waals surface area contributed by atoms with Crippen LogP contribution in [0.3, 0.4) is 0 Å². The minimum Gasteiger partial charge on any atom is -0.381 e. The number of Topliss-reactive ketones (excluding diaryl/α,β-unsaturated/α-hetero) is 1. The van der Waals surface area contributed by atoms with Crippen LogP contribution in [0.15, 0.2) is 0 Å². The molecule has 82 valence electrons. The normalized spacial score (nSPS) is 24.6. The minimum absolute atomic E-state index is 0.0504. The van der Waals surface area contributed by atoms with Crippen LogP contribution in [0.1, 0.15) is 39.0 Å². The van der Waals surface area contributed by atoms with Crippen molar-refractivity contribution in [2.45, 2.75) is 45.1 Å². The third-order valence-corrected chi connectivity index (χ3v) is 2.74. The Morgan fingerprint density at radius 2 is 2.43 bits per heavy atom. The average Bonchev–Trinajstić information content (AvgIpc) is 2.19. The minimum atomic E-state index is 0.0504. The van der Waals surface area contributed by atoms with Gasteiger partial charge in [0.1, 0.15) is 5.78 Å². The molecule has 0 saturated carbocycles. The topological polar surface area (TPSA) is 52.3 Å². The number of ether oxygens (including phenoxy) is 1. The molecule has 2 N–H and O–H groups in total. The fourth-order valence-electron chi connectivity index (χ4n) is 1.89. The highest BCUT2D eigenvalue weighted by atomic mass is 16.5. The van der Waals surface area contributed by atoms with Crippen LogP contribution in [-0.2, 0) is 9.53 Å². The molecule has 0 bridgehead atoms. The van der Waals surface area contributed by atoms with Gasteiger partial charge in [0.05, 0.1) is 6.61 Å². The molecule has 2 unspecified atom stereocenters. The van der Waals surface area contributed by atoms with E-state index in [1.807, 2.05) is 0 Å². The molecule has 0 aromatic heterocycles. The molecule has 1 saturated heterocycles. The second-order valence-electron chi connectivity index (χ2n) is 4.13. The highest BCUT2D eigenvalue weighted by Gasteiger charge is 2.22. The molecule has 0 spiro atoms. The van der Waals surface area contributed by atoms with E-state index in [1.54, 1.807) is 0 Å². The van der Waals surface area contributed by atoms with Crippen LogP contribution in [0.25, 0.3) is 0 Å². The molecule has 1 aliphatic rings. The van der Waals surface area contributed by atoms with Crippen molar-refractivity contribution in [2.24, 2.45) is 11.7 Å². The molecule has 2 atom stereocenters. The molecular formula is C11H21NO2. The van der Waals surface area contributed by atoms with E-state index < -0.39 is 0 Å². The number of hydrogen-bond acceptors (Lipinski definition) is 3. The van der Waals surface area contributed by atoms with E-state index in [9.17, 15) is 4.79 Å². The van der Waals surface area contributed by atoms with Gasteiger partial charge in [0.15, 0.2) is 0 Å². The van der Waals surface area contributed by atoms with Crippen molar-refractivity contribution in [3.05, 3.63) is 0 Å². The largest absolute Gasteiger partial charge is 0.381 e. The smallest absolute Gasteiger partial charge is 0.139 e. The predicted octanol–water partition coefficient (Wildman–Crippen LogP) is 1.50. The molecule has 0 radical (unpaired) electrons. The summed E-state index contributed by atoms with van der Waals surface area (Å²) in [6.45, 7) is 3.51. The van der Waals surface area contributed by atoms with E-state index >= 15 is 0 Å². The highest BCUT2D eigenvalue weighted by Crippen LogP contribution is 2.17. The van der Waals surface area contributed by atoms with Crippen LogP contribution in [0.4, 0.5) is 0 Å². The first-order chi connectivity index (χ1) is 6.74. The molecule has 3 heteroatoms.